The molecule has 19 heavy (non-hydrogen) atoms. The van der Waals surface area contributed by atoms with E-state index in [2.05, 4.69) is 10.4 Å². The first-order valence-corrected chi connectivity index (χ1v) is 5.87. The standard InChI is InChI=1S/C12H18F3N3O/c1-7-6-9(12(13,14)15)17-18(7)8(2)10(19)16-11(3,4)5/h6,8H,1-5H3,(H,16,19)/t8-/m1/s1. The maximum Gasteiger partial charge on any atom is 0.435 e. The summed E-state index contributed by atoms with van der Waals surface area (Å²) in [6.07, 6.45) is -4.50. The van der Waals surface area contributed by atoms with Crippen LogP contribution in [0.1, 0.15) is 45.1 Å². The predicted molar refractivity (Wildman–Crippen MR) is 64.6 cm³/mol. The number of nitrogens with zero attached hydrogens (tertiary/aromatic N) is 2. The molecular formula is C12H18F3N3O. The largest absolute Gasteiger partial charge is 0.435 e. The van der Waals surface area contributed by atoms with E-state index in [0.29, 0.717) is 5.69 Å². The molecule has 0 saturated carbocycles. The van der Waals surface area contributed by atoms with Crippen LogP contribution in [0.5, 0.6) is 0 Å². The molecule has 0 bridgehead atoms. The van der Waals surface area contributed by atoms with Crippen molar-refractivity contribution in [1.29, 1.82) is 0 Å². The molecule has 0 aliphatic heterocycles. The first kappa shape index (κ1) is 15.5. The summed E-state index contributed by atoms with van der Waals surface area (Å²) < 4.78 is 38.7. The van der Waals surface area contributed by atoms with Gasteiger partial charge in [-0.15, -0.1) is 0 Å². The van der Waals surface area contributed by atoms with Gasteiger partial charge in [-0.25, -0.2) is 0 Å². The molecule has 7 heteroatoms. The molecular weight excluding hydrogens is 259 g/mol. The van der Waals surface area contributed by atoms with Crippen LogP contribution in [0.25, 0.3) is 0 Å². The van der Waals surface area contributed by atoms with Crippen molar-refractivity contribution in [2.45, 2.75) is 52.4 Å². The lowest BCUT2D eigenvalue weighted by Gasteiger charge is -2.23. The van der Waals surface area contributed by atoms with Crippen LogP contribution >= 0.6 is 0 Å². The van der Waals surface area contributed by atoms with E-state index in [1.165, 1.54) is 13.8 Å². The Labute approximate surface area is 110 Å². The van der Waals surface area contributed by atoms with Crippen LogP contribution in [-0.2, 0) is 11.0 Å². The molecule has 1 aromatic rings. The van der Waals surface area contributed by atoms with Gasteiger partial charge in [-0.05, 0) is 40.7 Å². The van der Waals surface area contributed by atoms with Crippen LogP contribution in [0.2, 0.25) is 0 Å². The number of hydrogen-bond donors (Lipinski definition) is 1. The second-order valence-corrected chi connectivity index (χ2v) is 5.53. The summed E-state index contributed by atoms with van der Waals surface area (Å²) in [5, 5.41) is 6.17. The first-order valence-electron chi connectivity index (χ1n) is 5.87. The van der Waals surface area contributed by atoms with Crippen LogP contribution in [-0.4, -0.2) is 21.2 Å². The van der Waals surface area contributed by atoms with Gasteiger partial charge >= 0.3 is 6.18 Å². The Balaban J connectivity index is 2.98. The Bertz CT molecular complexity index is 472. The average molecular weight is 277 g/mol. The Morgan fingerprint density at radius 1 is 1.37 bits per heavy atom. The second-order valence-electron chi connectivity index (χ2n) is 5.53. The van der Waals surface area contributed by atoms with E-state index in [-0.39, 0.29) is 5.91 Å². The zero-order valence-corrected chi connectivity index (χ0v) is 11.6. The van der Waals surface area contributed by atoms with Gasteiger partial charge in [-0.2, -0.15) is 18.3 Å². The smallest absolute Gasteiger partial charge is 0.350 e. The molecule has 1 N–H and O–H groups in total. The topological polar surface area (TPSA) is 46.9 Å². The summed E-state index contributed by atoms with van der Waals surface area (Å²) in [4.78, 5) is 11.9. The van der Waals surface area contributed by atoms with Crippen LogP contribution in [0.4, 0.5) is 13.2 Å². The molecule has 108 valence electrons. The number of carbonyl (C=O) groups is 1. The van der Waals surface area contributed by atoms with Crippen LogP contribution in [0.3, 0.4) is 0 Å². The highest BCUT2D eigenvalue weighted by Gasteiger charge is 2.35. The highest BCUT2D eigenvalue weighted by molar-refractivity contribution is 5.80. The van der Waals surface area contributed by atoms with Crippen molar-refractivity contribution in [2.24, 2.45) is 0 Å². The van der Waals surface area contributed by atoms with Crippen molar-refractivity contribution in [3.05, 3.63) is 17.5 Å². The van der Waals surface area contributed by atoms with Crippen LogP contribution in [0.15, 0.2) is 6.07 Å². The van der Waals surface area contributed by atoms with Gasteiger partial charge in [0.1, 0.15) is 6.04 Å². The molecule has 0 fully saturated rings. The first-order chi connectivity index (χ1) is 8.42. The van der Waals surface area contributed by atoms with E-state index < -0.39 is 23.5 Å². The lowest BCUT2D eigenvalue weighted by Crippen LogP contribution is -2.44. The lowest BCUT2D eigenvalue weighted by molar-refractivity contribution is -0.142. The number of alkyl halides is 3. The van der Waals surface area contributed by atoms with Gasteiger partial charge in [-0.3, -0.25) is 9.48 Å². The zero-order chi connectivity index (χ0) is 15.0. The van der Waals surface area contributed by atoms with E-state index in [1.807, 2.05) is 0 Å². The number of amides is 1. The van der Waals surface area contributed by atoms with Crippen molar-refractivity contribution in [1.82, 2.24) is 15.1 Å². The summed E-state index contributed by atoms with van der Waals surface area (Å²) in [5.41, 5.74) is -1.14. The molecule has 4 nitrogen and oxygen atoms in total. The minimum Gasteiger partial charge on any atom is -0.350 e. The maximum absolute atomic E-state index is 12.5. The minimum atomic E-state index is -4.50. The monoisotopic (exact) mass is 277 g/mol. The highest BCUT2D eigenvalue weighted by atomic mass is 19.4. The van der Waals surface area contributed by atoms with Crippen LogP contribution < -0.4 is 5.32 Å². The highest BCUT2D eigenvalue weighted by Crippen LogP contribution is 2.29. The molecule has 1 atom stereocenters. The van der Waals surface area contributed by atoms with Crippen molar-refractivity contribution < 1.29 is 18.0 Å². The molecule has 0 aromatic carbocycles. The summed E-state index contributed by atoms with van der Waals surface area (Å²) in [6.45, 7) is 8.41. The van der Waals surface area contributed by atoms with Gasteiger partial charge in [0.2, 0.25) is 5.91 Å². The third-order valence-electron chi connectivity index (χ3n) is 2.46. The van der Waals surface area contributed by atoms with Gasteiger partial charge in [0.05, 0.1) is 0 Å². The fourth-order valence-corrected chi connectivity index (χ4v) is 1.60. The molecule has 1 rings (SSSR count). The molecule has 0 unspecified atom stereocenters. The van der Waals surface area contributed by atoms with Gasteiger partial charge in [-0.1, -0.05) is 0 Å². The number of aromatic nitrogens is 2. The number of aryl methyl sites for hydroxylation is 1. The van der Waals surface area contributed by atoms with E-state index in [9.17, 15) is 18.0 Å². The number of carbonyl (C=O) groups excluding carboxylic acids is 1. The molecule has 0 aliphatic carbocycles. The number of rotatable bonds is 2. The number of halogens is 3. The predicted octanol–water partition coefficient (Wildman–Crippen LogP) is 2.69. The minimum absolute atomic E-state index is 0.295. The average Bonchev–Trinajstić information content (AvgIpc) is 2.56. The summed E-state index contributed by atoms with van der Waals surface area (Å²) in [7, 11) is 0. The normalized spacial score (nSPS) is 14.3. The van der Waals surface area contributed by atoms with E-state index in [1.54, 1.807) is 20.8 Å². The van der Waals surface area contributed by atoms with Gasteiger partial charge in [0.25, 0.3) is 0 Å². The summed E-state index contributed by atoms with van der Waals surface area (Å²) >= 11 is 0. The van der Waals surface area contributed by atoms with Crippen LogP contribution in [0, 0.1) is 6.92 Å². The molecule has 0 aliphatic rings. The molecule has 1 aromatic heterocycles. The Morgan fingerprint density at radius 2 is 1.89 bits per heavy atom. The van der Waals surface area contributed by atoms with Gasteiger partial charge in [0, 0.05) is 11.2 Å². The Kier molecular flexibility index (Phi) is 3.97. The fraction of sp³-hybridized carbons (Fsp3) is 0.667. The van der Waals surface area contributed by atoms with E-state index in [4.69, 9.17) is 0 Å². The van der Waals surface area contributed by atoms with E-state index in [0.717, 1.165) is 10.7 Å². The van der Waals surface area contributed by atoms with Crippen molar-refractivity contribution in [3.63, 3.8) is 0 Å². The molecule has 0 spiro atoms. The molecule has 0 saturated heterocycles. The molecule has 0 radical (unpaired) electrons. The number of nitrogens with one attached hydrogen (secondary N) is 1. The summed E-state index contributed by atoms with van der Waals surface area (Å²) in [5.74, 6) is -0.368. The molecule has 1 heterocycles. The zero-order valence-electron chi connectivity index (χ0n) is 11.6. The lowest BCUT2D eigenvalue weighted by atomic mass is 10.1. The SMILES string of the molecule is Cc1cc(C(F)(F)F)nn1[C@H](C)C(=O)NC(C)(C)C. The fourth-order valence-electron chi connectivity index (χ4n) is 1.60. The van der Waals surface area contributed by atoms with Crippen molar-refractivity contribution in [2.75, 3.05) is 0 Å². The van der Waals surface area contributed by atoms with Crippen molar-refractivity contribution in [3.8, 4) is 0 Å². The third-order valence-corrected chi connectivity index (χ3v) is 2.46. The maximum atomic E-state index is 12.5. The van der Waals surface area contributed by atoms with Crippen molar-refractivity contribution >= 4 is 5.91 Å². The number of hydrogen-bond acceptors (Lipinski definition) is 2. The molecule has 1 amide bonds. The van der Waals surface area contributed by atoms with E-state index >= 15 is 0 Å². The second kappa shape index (κ2) is 4.86. The third kappa shape index (κ3) is 3.97. The van der Waals surface area contributed by atoms with Gasteiger partial charge < -0.3 is 5.32 Å². The van der Waals surface area contributed by atoms with Gasteiger partial charge in [0.15, 0.2) is 5.69 Å². The Hall–Kier alpha value is -1.53. The Morgan fingerprint density at radius 3 is 2.26 bits per heavy atom. The summed E-state index contributed by atoms with van der Waals surface area (Å²) in [6, 6.07) is 0.135. The quantitative estimate of drug-likeness (QED) is 0.903.